The number of nitrogens with zero attached hydrogens (tertiary/aromatic N) is 1. The molecule has 0 radical (unpaired) electrons. The second kappa shape index (κ2) is 4.55. The van der Waals surface area contributed by atoms with Gasteiger partial charge < -0.3 is 9.73 Å². The van der Waals surface area contributed by atoms with E-state index < -0.39 is 9.84 Å². The van der Waals surface area contributed by atoms with E-state index in [2.05, 4.69) is 10.3 Å². The summed E-state index contributed by atoms with van der Waals surface area (Å²) in [6.07, 6.45) is 2.30. The largest absolute Gasteiger partial charge is 0.444 e. The SMILES string of the molecule is CCNCc1ncc(C2CCS(=O)(=O)C2)o1. The van der Waals surface area contributed by atoms with E-state index in [0.717, 1.165) is 6.54 Å². The van der Waals surface area contributed by atoms with Gasteiger partial charge in [0.2, 0.25) is 5.89 Å². The molecule has 1 unspecified atom stereocenters. The van der Waals surface area contributed by atoms with Crippen LogP contribution < -0.4 is 5.32 Å². The topological polar surface area (TPSA) is 72.2 Å². The van der Waals surface area contributed by atoms with Crippen LogP contribution in [0.4, 0.5) is 0 Å². The molecule has 1 fully saturated rings. The van der Waals surface area contributed by atoms with Gasteiger partial charge in [-0.05, 0) is 13.0 Å². The van der Waals surface area contributed by atoms with E-state index in [0.29, 0.717) is 24.6 Å². The molecule has 0 saturated carbocycles. The first-order valence-electron chi connectivity index (χ1n) is 5.46. The van der Waals surface area contributed by atoms with Gasteiger partial charge in [-0.1, -0.05) is 6.92 Å². The Balaban J connectivity index is 2.02. The average molecular weight is 244 g/mol. The average Bonchev–Trinajstić information content (AvgIpc) is 2.81. The monoisotopic (exact) mass is 244 g/mol. The van der Waals surface area contributed by atoms with E-state index in [1.54, 1.807) is 6.20 Å². The lowest BCUT2D eigenvalue weighted by Crippen LogP contribution is -2.11. The van der Waals surface area contributed by atoms with Crippen LogP contribution in [0.2, 0.25) is 0 Å². The number of hydrogen-bond donors (Lipinski definition) is 1. The minimum atomic E-state index is -2.85. The van der Waals surface area contributed by atoms with Gasteiger partial charge in [-0.15, -0.1) is 0 Å². The molecule has 6 heteroatoms. The lowest BCUT2D eigenvalue weighted by atomic mass is 10.1. The van der Waals surface area contributed by atoms with E-state index in [9.17, 15) is 8.42 Å². The van der Waals surface area contributed by atoms with Gasteiger partial charge in [-0.2, -0.15) is 0 Å². The number of sulfone groups is 1. The molecular weight excluding hydrogens is 228 g/mol. The van der Waals surface area contributed by atoms with Crippen LogP contribution in [0, 0.1) is 0 Å². The van der Waals surface area contributed by atoms with Gasteiger partial charge in [0.1, 0.15) is 5.76 Å². The molecule has 1 aliphatic rings. The van der Waals surface area contributed by atoms with E-state index in [4.69, 9.17) is 4.42 Å². The molecular formula is C10H16N2O3S. The normalized spacial score (nSPS) is 23.7. The minimum Gasteiger partial charge on any atom is -0.444 e. The van der Waals surface area contributed by atoms with Crippen molar-refractivity contribution in [1.29, 1.82) is 0 Å². The van der Waals surface area contributed by atoms with Gasteiger partial charge in [0.05, 0.1) is 24.2 Å². The molecule has 0 amide bonds. The first-order chi connectivity index (χ1) is 7.61. The Bertz CT molecular complexity index is 452. The zero-order valence-electron chi connectivity index (χ0n) is 9.27. The molecule has 1 N–H and O–H groups in total. The Morgan fingerprint density at radius 2 is 2.44 bits per heavy atom. The maximum Gasteiger partial charge on any atom is 0.208 e. The highest BCUT2D eigenvalue weighted by atomic mass is 32.2. The third-order valence-corrected chi connectivity index (χ3v) is 4.50. The molecule has 1 aromatic heterocycles. The van der Waals surface area contributed by atoms with Crippen molar-refractivity contribution in [2.75, 3.05) is 18.1 Å². The van der Waals surface area contributed by atoms with Crippen molar-refractivity contribution in [2.45, 2.75) is 25.8 Å². The summed E-state index contributed by atoms with van der Waals surface area (Å²) in [6.45, 7) is 3.46. The fraction of sp³-hybridized carbons (Fsp3) is 0.700. The Labute approximate surface area is 95.2 Å². The van der Waals surface area contributed by atoms with E-state index in [-0.39, 0.29) is 17.4 Å². The predicted molar refractivity (Wildman–Crippen MR) is 59.9 cm³/mol. The molecule has 0 aliphatic carbocycles. The van der Waals surface area contributed by atoms with Crippen molar-refractivity contribution in [3.63, 3.8) is 0 Å². The van der Waals surface area contributed by atoms with Crippen LogP contribution in [-0.4, -0.2) is 31.5 Å². The van der Waals surface area contributed by atoms with Crippen LogP contribution in [0.3, 0.4) is 0 Å². The number of oxazole rings is 1. The van der Waals surface area contributed by atoms with Crippen molar-refractivity contribution in [2.24, 2.45) is 0 Å². The molecule has 1 saturated heterocycles. The predicted octanol–water partition coefficient (Wildman–Crippen LogP) is 0.686. The third-order valence-electron chi connectivity index (χ3n) is 2.73. The lowest BCUT2D eigenvalue weighted by Gasteiger charge is -2.01. The van der Waals surface area contributed by atoms with Gasteiger partial charge in [-0.3, -0.25) is 0 Å². The standard InChI is InChI=1S/C10H16N2O3S/c1-2-11-6-10-12-5-9(15-10)8-3-4-16(13,14)7-8/h5,8,11H,2-4,6-7H2,1H3. The van der Waals surface area contributed by atoms with Crippen LogP contribution in [-0.2, 0) is 16.4 Å². The third kappa shape index (κ3) is 2.62. The van der Waals surface area contributed by atoms with Crippen molar-refractivity contribution < 1.29 is 12.8 Å². The number of aromatic nitrogens is 1. The highest BCUT2D eigenvalue weighted by molar-refractivity contribution is 7.91. The number of rotatable bonds is 4. The van der Waals surface area contributed by atoms with Crippen LogP contribution >= 0.6 is 0 Å². The molecule has 1 aliphatic heterocycles. The Hall–Kier alpha value is -0.880. The molecule has 0 aromatic carbocycles. The lowest BCUT2D eigenvalue weighted by molar-refractivity contribution is 0.420. The molecule has 2 rings (SSSR count). The van der Waals surface area contributed by atoms with Crippen LogP contribution in [0.1, 0.15) is 30.9 Å². The fourth-order valence-corrected chi connectivity index (χ4v) is 3.60. The maximum atomic E-state index is 11.3. The van der Waals surface area contributed by atoms with E-state index in [1.807, 2.05) is 6.92 Å². The smallest absolute Gasteiger partial charge is 0.208 e. The van der Waals surface area contributed by atoms with Crippen molar-refractivity contribution in [3.05, 3.63) is 17.8 Å². The fourth-order valence-electron chi connectivity index (χ4n) is 1.85. The summed E-state index contributed by atoms with van der Waals surface area (Å²) in [7, 11) is -2.85. The van der Waals surface area contributed by atoms with Gasteiger partial charge in [-0.25, -0.2) is 13.4 Å². The Morgan fingerprint density at radius 3 is 3.06 bits per heavy atom. The number of nitrogens with one attached hydrogen (secondary N) is 1. The molecule has 16 heavy (non-hydrogen) atoms. The zero-order chi connectivity index (χ0) is 11.6. The zero-order valence-corrected chi connectivity index (χ0v) is 10.1. The molecule has 5 nitrogen and oxygen atoms in total. The second-order valence-electron chi connectivity index (χ2n) is 4.04. The van der Waals surface area contributed by atoms with Crippen LogP contribution in [0.5, 0.6) is 0 Å². The van der Waals surface area contributed by atoms with Crippen molar-refractivity contribution >= 4 is 9.84 Å². The van der Waals surface area contributed by atoms with Gasteiger partial charge in [0, 0.05) is 5.92 Å². The van der Waals surface area contributed by atoms with Gasteiger partial charge in [0.25, 0.3) is 0 Å². The van der Waals surface area contributed by atoms with Gasteiger partial charge in [0.15, 0.2) is 9.84 Å². The summed E-state index contributed by atoms with van der Waals surface area (Å²) in [6, 6.07) is 0. The molecule has 2 heterocycles. The summed E-state index contributed by atoms with van der Waals surface area (Å²) in [5.74, 6) is 1.78. The van der Waals surface area contributed by atoms with E-state index in [1.165, 1.54) is 0 Å². The maximum absolute atomic E-state index is 11.3. The van der Waals surface area contributed by atoms with Crippen molar-refractivity contribution in [3.8, 4) is 0 Å². The van der Waals surface area contributed by atoms with Crippen molar-refractivity contribution in [1.82, 2.24) is 10.3 Å². The van der Waals surface area contributed by atoms with Gasteiger partial charge >= 0.3 is 0 Å². The quantitative estimate of drug-likeness (QED) is 0.843. The first-order valence-corrected chi connectivity index (χ1v) is 7.28. The summed E-state index contributed by atoms with van der Waals surface area (Å²) in [4.78, 5) is 4.12. The van der Waals surface area contributed by atoms with E-state index >= 15 is 0 Å². The Kier molecular flexibility index (Phi) is 3.30. The molecule has 1 aromatic rings. The molecule has 90 valence electrons. The minimum absolute atomic E-state index is 0.00660. The Morgan fingerprint density at radius 1 is 1.62 bits per heavy atom. The highest BCUT2D eigenvalue weighted by Crippen LogP contribution is 2.29. The van der Waals surface area contributed by atoms with Crippen LogP contribution in [0.25, 0.3) is 0 Å². The summed E-state index contributed by atoms with van der Waals surface area (Å²) >= 11 is 0. The summed E-state index contributed by atoms with van der Waals surface area (Å²) in [5, 5.41) is 3.11. The first kappa shape index (κ1) is 11.6. The molecule has 1 atom stereocenters. The molecule has 0 spiro atoms. The second-order valence-corrected chi connectivity index (χ2v) is 6.27. The highest BCUT2D eigenvalue weighted by Gasteiger charge is 2.31. The van der Waals surface area contributed by atoms with Crippen LogP contribution in [0.15, 0.2) is 10.6 Å². The summed E-state index contributed by atoms with van der Waals surface area (Å²) < 4.78 is 28.2. The summed E-state index contributed by atoms with van der Waals surface area (Å²) in [5.41, 5.74) is 0. The molecule has 0 bridgehead atoms. The number of hydrogen-bond acceptors (Lipinski definition) is 5.